The van der Waals surface area contributed by atoms with Crippen LogP contribution in [0.3, 0.4) is 0 Å². The molecule has 0 bridgehead atoms. The van der Waals surface area contributed by atoms with Crippen molar-refractivity contribution >= 4 is 17.7 Å². The standard InChI is InChI=1S/C25H32N2O8/c1-15-9-19(16(2)27(15)13-18-7-6-8-34-18)20(28)14-35-23(29)12-26-25(30)17-10-21(31-3)24(33-5)22(11-17)32-4/h9-11,18H,6-8,12-14H2,1-5H3,(H,26,30)/t18-/m1/s1. The van der Waals surface area contributed by atoms with Crippen molar-refractivity contribution in [2.24, 2.45) is 0 Å². The Bertz CT molecular complexity index is 1060. The molecule has 1 N–H and O–H groups in total. The maximum absolute atomic E-state index is 12.7. The highest BCUT2D eigenvalue weighted by Crippen LogP contribution is 2.38. The zero-order chi connectivity index (χ0) is 25.5. The molecule has 1 amide bonds. The van der Waals surface area contributed by atoms with Crippen LogP contribution in [0.15, 0.2) is 18.2 Å². The van der Waals surface area contributed by atoms with Gasteiger partial charge in [-0.15, -0.1) is 0 Å². The van der Waals surface area contributed by atoms with Crippen molar-refractivity contribution in [3.63, 3.8) is 0 Å². The number of ether oxygens (including phenoxy) is 5. The number of hydrogen-bond donors (Lipinski definition) is 1. The number of esters is 1. The Kier molecular flexibility index (Phi) is 8.75. The van der Waals surface area contributed by atoms with E-state index >= 15 is 0 Å². The molecule has 10 nitrogen and oxygen atoms in total. The highest BCUT2D eigenvalue weighted by atomic mass is 16.5. The fourth-order valence-corrected chi connectivity index (χ4v) is 4.10. The second kappa shape index (κ2) is 11.7. The highest BCUT2D eigenvalue weighted by Gasteiger charge is 2.22. The molecule has 0 unspecified atom stereocenters. The van der Waals surface area contributed by atoms with Crippen molar-refractivity contribution in [3.8, 4) is 17.2 Å². The van der Waals surface area contributed by atoms with Gasteiger partial charge in [0.15, 0.2) is 18.1 Å². The topological polar surface area (TPSA) is 114 Å². The Hall–Kier alpha value is -3.53. The van der Waals surface area contributed by atoms with Crippen LogP contribution in [0.1, 0.15) is 44.9 Å². The lowest BCUT2D eigenvalue weighted by molar-refractivity contribution is -0.141. The van der Waals surface area contributed by atoms with Gasteiger partial charge in [0.1, 0.15) is 6.54 Å². The Balaban J connectivity index is 1.54. The zero-order valence-electron chi connectivity index (χ0n) is 20.8. The number of rotatable bonds is 11. The summed E-state index contributed by atoms with van der Waals surface area (Å²) in [4.78, 5) is 37.4. The molecule has 2 aromatic rings. The number of aromatic nitrogens is 1. The minimum absolute atomic E-state index is 0.148. The van der Waals surface area contributed by atoms with Crippen LogP contribution < -0.4 is 19.5 Å². The van der Waals surface area contributed by atoms with Crippen LogP contribution >= 0.6 is 0 Å². The number of benzene rings is 1. The van der Waals surface area contributed by atoms with E-state index in [1.54, 1.807) is 6.07 Å². The number of carbonyl (C=O) groups is 3. The smallest absolute Gasteiger partial charge is 0.325 e. The monoisotopic (exact) mass is 488 g/mol. The summed E-state index contributed by atoms with van der Waals surface area (Å²) in [6.45, 7) is 4.45. The molecule has 10 heteroatoms. The largest absolute Gasteiger partial charge is 0.493 e. The number of aryl methyl sites for hydroxylation is 1. The van der Waals surface area contributed by atoms with E-state index in [1.165, 1.54) is 33.5 Å². The van der Waals surface area contributed by atoms with Crippen LogP contribution in [0.25, 0.3) is 0 Å². The Labute approximate surface area is 204 Å². The van der Waals surface area contributed by atoms with E-state index in [2.05, 4.69) is 9.88 Å². The van der Waals surface area contributed by atoms with Crippen molar-refractivity contribution in [1.82, 2.24) is 9.88 Å². The summed E-state index contributed by atoms with van der Waals surface area (Å²) in [5.41, 5.74) is 2.48. The molecule has 0 saturated carbocycles. The molecule has 1 atom stereocenters. The van der Waals surface area contributed by atoms with Crippen molar-refractivity contribution in [3.05, 3.63) is 40.7 Å². The molecule has 1 saturated heterocycles. The predicted octanol–water partition coefficient (Wildman–Crippen LogP) is 2.47. The molecule has 0 aliphatic carbocycles. The first-order valence-electron chi connectivity index (χ1n) is 11.3. The predicted molar refractivity (Wildman–Crippen MR) is 127 cm³/mol. The van der Waals surface area contributed by atoms with E-state index in [-0.39, 0.29) is 17.5 Å². The fourth-order valence-electron chi connectivity index (χ4n) is 4.10. The number of hydrogen-bond acceptors (Lipinski definition) is 8. The van der Waals surface area contributed by atoms with Crippen LogP contribution in [-0.2, 0) is 20.8 Å². The normalized spacial score (nSPS) is 14.9. The van der Waals surface area contributed by atoms with Crippen molar-refractivity contribution < 1.29 is 38.1 Å². The molecule has 1 aliphatic rings. The lowest BCUT2D eigenvalue weighted by atomic mass is 10.1. The van der Waals surface area contributed by atoms with Gasteiger partial charge in [-0.2, -0.15) is 0 Å². The van der Waals surface area contributed by atoms with Crippen LogP contribution in [-0.4, -0.2) is 69.4 Å². The average Bonchev–Trinajstić information content (AvgIpc) is 3.48. The van der Waals surface area contributed by atoms with Crippen LogP contribution in [0, 0.1) is 13.8 Å². The van der Waals surface area contributed by atoms with Crippen molar-refractivity contribution in [2.45, 2.75) is 39.3 Å². The molecule has 0 spiro atoms. The first-order valence-corrected chi connectivity index (χ1v) is 11.3. The quantitative estimate of drug-likeness (QED) is 0.379. The van der Waals surface area contributed by atoms with E-state index in [4.69, 9.17) is 23.7 Å². The number of carbonyl (C=O) groups excluding carboxylic acids is 3. The summed E-state index contributed by atoms with van der Waals surface area (Å²) in [6, 6.07) is 4.74. The van der Waals surface area contributed by atoms with E-state index in [1.807, 2.05) is 13.8 Å². The number of nitrogens with zero attached hydrogens (tertiary/aromatic N) is 1. The van der Waals surface area contributed by atoms with E-state index in [9.17, 15) is 14.4 Å². The Morgan fingerprint density at radius 1 is 1.06 bits per heavy atom. The van der Waals surface area contributed by atoms with E-state index in [0.717, 1.165) is 30.8 Å². The molecular weight excluding hydrogens is 456 g/mol. The number of methoxy groups -OCH3 is 3. The van der Waals surface area contributed by atoms with E-state index in [0.29, 0.717) is 29.4 Å². The molecule has 1 aromatic carbocycles. The lowest BCUT2D eigenvalue weighted by Gasteiger charge is -2.15. The van der Waals surface area contributed by atoms with Gasteiger partial charge in [-0.1, -0.05) is 0 Å². The fraction of sp³-hybridized carbons (Fsp3) is 0.480. The highest BCUT2D eigenvalue weighted by molar-refractivity contribution is 6.00. The first kappa shape index (κ1) is 26.1. The van der Waals surface area contributed by atoms with Gasteiger partial charge in [0.05, 0.1) is 27.4 Å². The summed E-state index contributed by atoms with van der Waals surface area (Å²) in [6.07, 6.45) is 2.19. The second-order valence-corrected chi connectivity index (χ2v) is 8.21. The number of Topliss-reactive ketones (excluding diaryl/α,β-unsaturated/α-hetero) is 1. The zero-order valence-corrected chi connectivity index (χ0v) is 20.8. The van der Waals surface area contributed by atoms with Gasteiger partial charge in [-0.05, 0) is 44.9 Å². The van der Waals surface area contributed by atoms with Crippen LogP contribution in [0.5, 0.6) is 17.2 Å². The SMILES string of the molecule is COc1cc(C(=O)NCC(=O)OCC(=O)c2cc(C)n(C[C@H]3CCCO3)c2C)cc(OC)c1OC. The lowest BCUT2D eigenvalue weighted by Crippen LogP contribution is -2.31. The molecule has 1 aromatic heterocycles. The number of ketones is 1. The molecule has 1 aliphatic heterocycles. The third-order valence-electron chi connectivity index (χ3n) is 5.97. The molecule has 3 rings (SSSR count). The molecule has 1 fully saturated rings. The molecule has 2 heterocycles. The molecule has 190 valence electrons. The van der Waals surface area contributed by atoms with Crippen molar-refractivity contribution in [1.29, 1.82) is 0 Å². The summed E-state index contributed by atoms with van der Waals surface area (Å²) >= 11 is 0. The van der Waals surface area contributed by atoms with Gasteiger partial charge in [-0.25, -0.2) is 0 Å². The molecular formula is C25H32N2O8. The van der Waals surface area contributed by atoms with Crippen LogP contribution in [0.4, 0.5) is 0 Å². The van der Waals surface area contributed by atoms with Gasteiger partial charge in [0, 0.05) is 35.7 Å². The van der Waals surface area contributed by atoms with Crippen LogP contribution in [0.2, 0.25) is 0 Å². The molecule has 35 heavy (non-hydrogen) atoms. The number of nitrogens with one attached hydrogen (secondary N) is 1. The van der Waals surface area contributed by atoms with Gasteiger partial charge < -0.3 is 33.6 Å². The summed E-state index contributed by atoms with van der Waals surface area (Å²) in [5, 5.41) is 2.47. The Morgan fingerprint density at radius 2 is 1.74 bits per heavy atom. The van der Waals surface area contributed by atoms with Gasteiger partial charge in [0.25, 0.3) is 5.91 Å². The summed E-state index contributed by atoms with van der Waals surface area (Å²) in [5.74, 6) is -0.609. The maximum Gasteiger partial charge on any atom is 0.325 e. The third kappa shape index (κ3) is 6.13. The van der Waals surface area contributed by atoms with E-state index < -0.39 is 25.0 Å². The van der Waals surface area contributed by atoms with Gasteiger partial charge >= 0.3 is 5.97 Å². The number of amides is 1. The average molecular weight is 489 g/mol. The summed E-state index contributed by atoms with van der Waals surface area (Å²) < 4.78 is 28.6. The van der Waals surface area contributed by atoms with Gasteiger partial charge in [-0.3, -0.25) is 14.4 Å². The second-order valence-electron chi connectivity index (χ2n) is 8.21. The molecule has 0 radical (unpaired) electrons. The third-order valence-corrected chi connectivity index (χ3v) is 5.97. The minimum Gasteiger partial charge on any atom is -0.493 e. The van der Waals surface area contributed by atoms with Gasteiger partial charge in [0.2, 0.25) is 11.5 Å². The maximum atomic E-state index is 12.7. The minimum atomic E-state index is -0.729. The first-order chi connectivity index (χ1) is 16.8. The Morgan fingerprint density at radius 3 is 2.31 bits per heavy atom. The summed E-state index contributed by atoms with van der Waals surface area (Å²) in [7, 11) is 4.33. The van der Waals surface area contributed by atoms with Crippen molar-refractivity contribution in [2.75, 3.05) is 41.1 Å².